The molecule has 2 atom stereocenters. The number of hydrogen-bond donors (Lipinski definition) is 1. The Labute approximate surface area is 119 Å². The Balaban J connectivity index is 2.27. The molecule has 108 valence electrons. The molecule has 1 nitrogen and oxygen atoms in total. The lowest BCUT2D eigenvalue weighted by atomic mass is 10.0. The van der Waals surface area contributed by atoms with Crippen LogP contribution in [-0.4, -0.2) is 6.04 Å². The van der Waals surface area contributed by atoms with Gasteiger partial charge in [-0.25, -0.2) is 0 Å². The molecule has 0 spiro atoms. The maximum absolute atomic E-state index is 3.77. The van der Waals surface area contributed by atoms with Crippen LogP contribution in [0.3, 0.4) is 0 Å². The van der Waals surface area contributed by atoms with Crippen LogP contribution < -0.4 is 5.32 Å². The Morgan fingerprint density at radius 1 is 0.947 bits per heavy atom. The lowest BCUT2D eigenvalue weighted by Crippen LogP contribution is -2.30. The first-order valence-electron chi connectivity index (χ1n) is 8.08. The highest BCUT2D eigenvalue weighted by molar-refractivity contribution is 5.18. The summed E-state index contributed by atoms with van der Waals surface area (Å²) in [5, 5.41) is 3.77. The highest BCUT2D eigenvalue weighted by Crippen LogP contribution is 2.18. The summed E-state index contributed by atoms with van der Waals surface area (Å²) in [4.78, 5) is 0. The van der Waals surface area contributed by atoms with Crippen LogP contribution in [0.15, 0.2) is 30.3 Å². The summed E-state index contributed by atoms with van der Waals surface area (Å²) in [6.07, 6.45) is 9.33. The second kappa shape index (κ2) is 10.0. The van der Waals surface area contributed by atoms with E-state index >= 15 is 0 Å². The fraction of sp³-hybridized carbons (Fsp3) is 0.667. The predicted molar refractivity (Wildman–Crippen MR) is 85.4 cm³/mol. The molecule has 0 aliphatic heterocycles. The zero-order chi connectivity index (χ0) is 13.9. The summed E-state index contributed by atoms with van der Waals surface area (Å²) < 4.78 is 0. The van der Waals surface area contributed by atoms with E-state index in [4.69, 9.17) is 0 Å². The number of hydrogen-bond acceptors (Lipinski definition) is 1. The van der Waals surface area contributed by atoms with E-state index in [1.807, 2.05) is 0 Å². The van der Waals surface area contributed by atoms with E-state index < -0.39 is 0 Å². The van der Waals surface area contributed by atoms with E-state index in [-0.39, 0.29) is 0 Å². The lowest BCUT2D eigenvalue weighted by molar-refractivity contribution is 0.413. The molecule has 0 saturated carbocycles. The molecule has 0 aromatic heterocycles. The van der Waals surface area contributed by atoms with Gasteiger partial charge >= 0.3 is 0 Å². The Bertz CT molecular complexity index is 307. The highest BCUT2D eigenvalue weighted by Gasteiger charge is 2.11. The maximum atomic E-state index is 3.77. The molecule has 1 N–H and O–H groups in total. The third-order valence-electron chi connectivity index (χ3n) is 3.84. The van der Waals surface area contributed by atoms with Crippen molar-refractivity contribution in [2.45, 2.75) is 77.8 Å². The van der Waals surface area contributed by atoms with Crippen LogP contribution in [0.1, 0.15) is 77.3 Å². The average Bonchev–Trinajstić information content (AvgIpc) is 2.45. The zero-order valence-corrected chi connectivity index (χ0v) is 13.0. The molecule has 1 rings (SSSR count). The number of rotatable bonds is 10. The Morgan fingerprint density at radius 3 is 2.26 bits per heavy atom. The van der Waals surface area contributed by atoms with Crippen molar-refractivity contribution in [3.05, 3.63) is 35.9 Å². The van der Waals surface area contributed by atoms with Crippen molar-refractivity contribution in [3.8, 4) is 0 Å². The minimum atomic E-state index is 0.506. The number of nitrogens with one attached hydrogen (secondary N) is 1. The Kier molecular flexibility index (Phi) is 8.57. The molecule has 0 heterocycles. The second-order valence-corrected chi connectivity index (χ2v) is 5.64. The molecule has 2 unspecified atom stereocenters. The fourth-order valence-electron chi connectivity index (χ4n) is 2.62. The topological polar surface area (TPSA) is 12.0 Å². The second-order valence-electron chi connectivity index (χ2n) is 5.64. The van der Waals surface area contributed by atoms with Crippen LogP contribution in [0.25, 0.3) is 0 Å². The van der Waals surface area contributed by atoms with Crippen molar-refractivity contribution in [1.29, 1.82) is 0 Å². The molecule has 0 saturated heterocycles. The third kappa shape index (κ3) is 6.77. The van der Waals surface area contributed by atoms with Gasteiger partial charge in [-0.05, 0) is 25.3 Å². The molecule has 0 aliphatic rings. The van der Waals surface area contributed by atoms with Crippen molar-refractivity contribution in [2.75, 3.05) is 0 Å². The highest BCUT2D eigenvalue weighted by atomic mass is 14.9. The zero-order valence-electron chi connectivity index (χ0n) is 13.0. The minimum Gasteiger partial charge on any atom is -0.307 e. The standard InChI is InChI=1S/C18H31N/c1-4-6-7-8-10-13-16(3)19-18(5-2)17-14-11-9-12-15-17/h9,11-12,14-16,18-19H,4-8,10,13H2,1-3H3. The van der Waals surface area contributed by atoms with Gasteiger partial charge in [0.15, 0.2) is 0 Å². The van der Waals surface area contributed by atoms with Gasteiger partial charge in [0, 0.05) is 12.1 Å². The van der Waals surface area contributed by atoms with Gasteiger partial charge < -0.3 is 5.32 Å². The van der Waals surface area contributed by atoms with Crippen molar-refractivity contribution in [2.24, 2.45) is 0 Å². The first-order valence-corrected chi connectivity index (χ1v) is 8.08. The molecule has 0 amide bonds. The van der Waals surface area contributed by atoms with Gasteiger partial charge in [0.2, 0.25) is 0 Å². The Hall–Kier alpha value is -0.820. The van der Waals surface area contributed by atoms with Crippen LogP contribution in [-0.2, 0) is 0 Å². The quantitative estimate of drug-likeness (QED) is 0.550. The van der Waals surface area contributed by atoms with E-state index in [0.717, 1.165) is 6.42 Å². The fourth-order valence-corrected chi connectivity index (χ4v) is 2.62. The monoisotopic (exact) mass is 261 g/mol. The van der Waals surface area contributed by atoms with Gasteiger partial charge in [-0.2, -0.15) is 0 Å². The van der Waals surface area contributed by atoms with Crippen LogP contribution in [0.5, 0.6) is 0 Å². The van der Waals surface area contributed by atoms with Crippen molar-refractivity contribution >= 4 is 0 Å². The summed E-state index contributed by atoms with van der Waals surface area (Å²) in [7, 11) is 0. The van der Waals surface area contributed by atoms with Gasteiger partial charge in [0.1, 0.15) is 0 Å². The summed E-state index contributed by atoms with van der Waals surface area (Å²) in [5.74, 6) is 0. The number of benzene rings is 1. The third-order valence-corrected chi connectivity index (χ3v) is 3.84. The van der Waals surface area contributed by atoms with Crippen LogP contribution >= 0.6 is 0 Å². The summed E-state index contributed by atoms with van der Waals surface area (Å²) in [5.41, 5.74) is 1.42. The van der Waals surface area contributed by atoms with E-state index in [1.54, 1.807) is 0 Å². The molecule has 1 aromatic rings. The van der Waals surface area contributed by atoms with E-state index in [2.05, 4.69) is 56.4 Å². The molecule has 0 radical (unpaired) electrons. The molecule has 1 heteroatoms. The summed E-state index contributed by atoms with van der Waals surface area (Å²) in [6, 6.07) is 11.9. The normalized spacial score (nSPS) is 14.3. The van der Waals surface area contributed by atoms with E-state index in [1.165, 1.54) is 44.1 Å². The molecule has 1 aromatic carbocycles. The molecular formula is C18H31N. The summed E-state index contributed by atoms with van der Waals surface area (Å²) >= 11 is 0. The van der Waals surface area contributed by atoms with E-state index in [0.29, 0.717) is 12.1 Å². The minimum absolute atomic E-state index is 0.506. The van der Waals surface area contributed by atoms with E-state index in [9.17, 15) is 0 Å². The largest absolute Gasteiger partial charge is 0.307 e. The molecular weight excluding hydrogens is 230 g/mol. The molecule has 19 heavy (non-hydrogen) atoms. The van der Waals surface area contributed by atoms with Crippen molar-refractivity contribution < 1.29 is 0 Å². The summed E-state index contributed by atoms with van der Waals surface area (Å²) in [6.45, 7) is 6.86. The van der Waals surface area contributed by atoms with Gasteiger partial charge in [-0.3, -0.25) is 0 Å². The van der Waals surface area contributed by atoms with Crippen LogP contribution in [0.4, 0.5) is 0 Å². The predicted octanol–water partition coefficient (Wildman–Crippen LogP) is 5.48. The number of unbranched alkanes of at least 4 members (excludes halogenated alkanes) is 4. The van der Waals surface area contributed by atoms with Crippen LogP contribution in [0.2, 0.25) is 0 Å². The van der Waals surface area contributed by atoms with Crippen molar-refractivity contribution in [1.82, 2.24) is 5.32 Å². The van der Waals surface area contributed by atoms with Crippen molar-refractivity contribution in [3.63, 3.8) is 0 Å². The first kappa shape index (κ1) is 16.2. The van der Waals surface area contributed by atoms with Gasteiger partial charge in [0.25, 0.3) is 0 Å². The van der Waals surface area contributed by atoms with Gasteiger partial charge in [-0.15, -0.1) is 0 Å². The molecule has 0 aliphatic carbocycles. The van der Waals surface area contributed by atoms with Crippen LogP contribution in [0, 0.1) is 0 Å². The lowest BCUT2D eigenvalue weighted by Gasteiger charge is -2.22. The smallest absolute Gasteiger partial charge is 0.0319 e. The Morgan fingerprint density at radius 2 is 1.63 bits per heavy atom. The van der Waals surface area contributed by atoms with Gasteiger partial charge in [-0.1, -0.05) is 76.3 Å². The SMILES string of the molecule is CCCCCCCC(C)NC(CC)c1ccccc1. The average molecular weight is 261 g/mol. The first-order chi connectivity index (χ1) is 9.27. The molecule has 0 bridgehead atoms. The molecule has 0 fully saturated rings. The van der Waals surface area contributed by atoms with Gasteiger partial charge in [0.05, 0.1) is 0 Å². The maximum Gasteiger partial charge on any atom is 0.0319 e.